The van der Waals surface area contributed by atoms with Gasteiger partial charge in [0.05, 0.1) is 0 Å². The first-order chi connectivity index (χ1) is 19.1. The average Bonchev–Trinajstić information content (AvgIpc) is 3.36. The minimum absolute atomic E-state index is 0.0269. The van der Waals surface area contributed by atoms with Crippen molar-refractivity contribution in [3.8, 4) is 0 Å². The Morgan fingerprint density at radius 3 is 2.70 bits per heavy atom. The van der Waals surface area contributed by atoms with Crippen LogP contribution in [0.1, 0.15) is 12.6 Å². The van der Waals surface area contributed by atoms with E-state index in [1.54, 1.807) is 29.1 Å². The number of aryl methyl sites for hydroxylation is 1. The molecule has 0 aliphatic carbocycles. The highest BCUT2D eigenvalue weighted by Crippen LogP contribution is 2.41. The van der Waals surface area contributed by atoms with Gasteiger partial charge in [-0.2, -0.15) is 0 Å². The molecule has 1 saturated heterocycles. The minimum atomic E-state index is -1.36. The van der Waals surface area contributed by atoms with Crippen LogP contribution in [0.15, 0.2) is 51.2 Å². The molecule has 4 rings (SSSR count). The van der Waals surface area contributed by atoms with Crippen LogP contribution in [-0.4, -0.2) is 85.3 Å². The molecule has 0 spiro atoms. The van der Waals surface area contributed by atoms with E-state index in [-0.39, 0.29) is 28.8 Å². The summed E-state index contributed by atoms with van der Waals surface area (Å²) < 4.78 is 14.2. The molecule has 2 amide bonds. The number of nitrogens with one attached hydrogen (secondary N) is 1. The summed E-state index contributed by atoms with van der Waals surface area (Å²) in [5.74, 6) is -3.42. The zero-order valence-electron chi connectivity index (χ0n) is 20.9. The number of nitrogens with zero attached hydrogens (tertiary/aromatic N) is 4. The Labute approximate surface area is 239 Å². The van der Waals surface area contributed by atoms with Gasteiger partial charge in [-0.25, -0.2) is 23.5 Å². The fraction of sp³-hybridized carbons (Fsp3) is 0.348. The third kappa shape index (κ3) is 6.37. The third-order valence-electron chi connectivity index (χ3n) is 5.78. The Hall–Kier alpha value is -3.70. The number of oxime groups is 1. The van der Waals surface area contributed by atoms with Crippen LogP contribution in [0.5, 0.6) is 0 Å². The molecule has 0 bridgehead atoms. The fourth-order valence-corrected chi connectivity index (χ4v) is 6.66. The fourth-order valence-electron chi connectivity index (χ4n) is 3.74. The summed E-state index contributed by atoms with van der Waals surface area (Å²) in [5.41, 5.74) is 5.72. The Morgan fingerprint density at radius 2 is 2.10 bits per heavy atom. The van der Waals surface area contributed by atoms with E-state index >= 15 is 0 Å². The van der Waals surface area contributed by atoms with Crippen molar-refractivity contribution in [1.82, 2.24) is 15.2 Å². The molecular weight excluding hydrogens is 587 g/mol. The van der Waals surface area contributed by atoms with Gasteiger partial charge in [0, 0.05) is 33.9 Å². The quantitative estimate of drug-likeness (QED) is 0.0870. The highest BCUT2D eigenvalue weighted by Gasteiger charge is 2.54. The number of carbonyl (C=O) groups excluding carboxylic acids is 2. The van der Waals surface area contributed by atoms with Crippen molar-refractivity contribution in [1.29, 1.82) is 0 Å². The Kier molecular flexibility index (Phi) is 9.26. The summed E-state index contributed by atoms with van der Waals surface area (Å²) in [5, 5.41) is 26.0. The maximum Gasteiger partial charge on any atom is 0.352 e. The number of fused-ring (bicyclic) bond motifs is 1. The van der Waals surface area contributed by atoms with Gasteiger partial charge in [0.15, 0.2) is 29.8 Å². The Morgan fingerprint density at radius 1 is 1.38 bits per heavy atom. The minimum Gasteiger partial charge on any atom is -0.478 e. The SMILES string of the molecule is C[C@H](ON=C(C(=O)N[C@@H]1C(=O)N2C(C(=O)O)=C(CSc3cc[n+](CCF)cc3)CS[C@H]12)c1csc(N)n1)C(=O)O. The second-order valence-electron chi connectivity index (χ2n) is 8.46. The number of halogens is 1. The van der Waals surface area contributed by atoms with Gasteiger partial charge >= 0.3 is 11.9 Å². The number of rotatable bonds is 12. The van der Waals surface area contributed by atoms with Gasteiger partial charge < -0.3 is 26.1 Å². The summed E-state index contributed by atoms with van der Waals surface area (Å²) in [7, 11) is 0. The van der Waals surface area contributed by atoms with E-state index in [0.29, 0.717) is 17.1 Å². The second kappa shape index (κ2) is 12.6. The Balaban J connectivity index is 1.47. The molecule has 17 heteroatoms. The lowest BCUT2D eigenvalue weighted by atomic mass is 10.0. The molecule has 0 saturated carbocycles. The van der Waals surface area contributed by atoms with E-state index in [0.717, 1.165) is 21.1 Å². The molecule has 40 heavy (non-hydrogen) atoms. The van der Waals surface area contributed by atoms with Crippen molar-refractivity contribution in [3.05, 3.63) is 46.9 Å². The molecule has 2 aromatic heterocycles. The van der Waals surface area contributed by atoms with E-state index in [2.05, 4.69) is 15.5 Å². The monoisotopic (exact) mass is 611 g/mol. The van der Waals surface area contributed by atoms with Crippen molar-refractivity contribution in [2.45, 2.75) is 35.9 Å². The number of hydrogen-bond acceptors (Lipinski definition) is 11. The van der Waals surface area contributed by atoms with Crippen LogP contribution in [-0.2, 0) is 30.6 Å². The molecule has 4 heterocycles. The van der Waals surface area contributed by atoms with Crippen molar-refractivity contribution in [2.75, 3.05) is 23.9 Å². The number of hydrogen-bond donors (Lipinski definition) is 4. The molecule has 2 aliphatic heterocycles. The predicted octanol–water partition coefficient (Wildman–Crippen LogP) is 0.707. The van der Waals surface area contributed by atoms with Gasteiger partial charge in [-0.1, -0.05) is 5.16 Å². The van der Waals surface area contributed by atoms with E-state index < -0.39 is 47.9 Å². The van der Waals surface area contributed by atoms with Gasteiger partial charge in [0.1, 0.15) is 29.5 Å². The van der Waals surface area contributed by atoms with Gasteiger partial charge in [-0.15, -0.1) is 34.9 Å². The number of pyridine rings is 1. The lowest BCUT2D eigenvalue weighted by Crippen LogP contribution is -2.71. The lowest BCUT2D eigenvalue weighted by molar-refractivity contribution is -0.697. The number of nitrogens with two attached hydrogens (primary N) is 1. The maximum absolute atomic E-state index is 13.1. The smallest absolute Gasteiger partial charge is 0.352 e. The third-order valence-corrected chi connectivity index (χ3v) is 8.89. The van der Waals surface area contributed by atoms with Gasteiger partial charge in [0.25, 0.3) is 11.8 Å². The van der Waals surface area contributed by atoms with Gasteiger partial charge in [-0.05, 0) is 12.5 Å². The molecule has 13 nitrogen and oxygen atoms in total. The summed E-state index contributed by atoms with van der Waals surface area (Å²) in [4.78, 5) is 60.3. The number of nitrogen functional groups attached to an aromatic ring is 1. The van der Waals surface area contributed by atoms with Gasteiger partial charge in [0.2, 0.25) is 6.10 Å². The van der Waals surface area contributed by atoms with Crippen molar-refractivity contribution in [3.63, 3.8) is 0 Å². The number of aliphatic carboxylic acids is 2. The molecule has 0 aromatic carbocycles. The first-order valence-electron chi connectivity index (χ1n) is 11.7. The first kappa shape index (κ1) is 29.3. The standard InChI is InChI=1S/C23H23FN6O7S3/c1-11(21(33)34)37-28-15(14-10-40-23(25)26-14)18(31)27-16-19(32)30-17(22(35)36)12(9-39-20(16)30)8-38-13-2-5-29(6-3-13)7-4-24/h2-3,5-6,10-11,16,20H,4,7-9H2,1H3,(H4-,25,26,27,31,33,34,35,36)/p+1/t11-,16+,20+/m0/s1. The normalized spacial score (nSPS) is 19.5. The van der Waals surface area contributed by atoms with Crippen LogP contribution in [0.2, 0.25) is 0 Å². The Bertz CT molecular complexity index is 1380. The molecule has 0 radical (unpaired) electrons. The second-order valence-corrected chi connectivity index (χ2v) is 11.5. The average molecular weight is 612 g/mol. The molecule has 2 aromatic rings. The summed E-state index contributed by atoms with van der Waals surface area (Å²) in [6.07, 6.45) is 2.11. The molecule has 5 N–H and O–H groups in total. The highest BCUT2D eigenvalue weighted by molar-refractivity contribution is 8.01. The van der Waals surface area contributed by atoms with Crippen molar-refractivity contribution < 1.29 is 43.2 Å². The zero-order chi connectivity index (χ0) is 29.0. The summed E-state index contributed by atoms with van der Waals surface area (Å²) >= 11 is 3.72. The van der Waals surface area contributed by atoms with E-state index in [1.165, 1.54) is 35.8 Å². The molecule has 0 unspecified atom stereocenters. The summed E-state index contributed by atoms with van der Waals surface area (Å²) in [6, 6.07) is 2.55. The molecule has 2 aliphatic rings. The van der Waals surface area contributed by atoms with Crippen molar-refractivity contribution in [2.24, 2.45) is 5.16 Å². The van der Waals surface area contributed by atoms with E-state index in [4.69, 9.17) is 15.7 Å². The topological polar surface area (TPSA) is 188 Å². The van der Waals surface area contributed by atoms with Crippen LogP contribution in [0, 0.1) is 0 Å². The van der Waals surface area contributed by atoms with E-state index in [9.17, 15) is 28.7 Å². The number of carbonyl (C=O) groups is 4. The number of amides is 2. The predicted molar refractivity (Wildman–Crippen MR) is 144 cm³/mol. The summed E-state index contributed by atoms with van der Waals surface area (Å²) in [6.45, 7) is 0.978. The largest absolute Gasteiger partial charge is 0.478 e. The molecule has 212 valence electrons. The van der Waals surface area contributed by atoms with Gasteiger partial charge in [-0.3, -0.25) is 14.5 Å². The first-order valence-corrected chi connectivity index (χ1v) is 14.6. The maximum atomic E-state index is 13.1. The highest BCUT2D eigenvalue weighted by atomic mass is 32.2. The number of aromatic nitrogens is 2. The lowest BCUT2D eigenvalue weighted by Gasteiger charge is -2.49. The molecule has 3 atom stereocenters. The number of carboxylic acid groups (broad SMARTS) is 2. The van der Waals surface area contributed by atoms with Crippen LogP contribution in [0.3, 0.4) is 0 Å². The van der Waals surface area contributed by atoms with Crippen molar-refractivity contribution >= 4 is 69.5 Å². The number of anilines is 1. The number of carboxylic acids is 2. The number of thioether (sulfide) groups is 2. The van der Waals surface area contributed by atoms with Crippen LogP contribution in [0.25, 0.3) is 0 Å². The molecule has 1 fully saturated rings. The number of alkyl halides is 1. The van der Waals surface area contributed by atoms with Crippen LogP contribution >= 0.6 is 34.9 Å². The molecular formula is C23H24FN6O7S3+. The van der Waals surface area contributed by atoms with E-state index in [1.807, 2.05) is 0 Å². The zero-order valence-corrected chi connectivity index (χ0v) is 23.3. The van der Waals surface area contributed by atoms with Crippen LogP contribution < -0.4 is 15.6 Å². The van der Waals surface area contributed by atoms with Crippen LogP contribution in [0.4, 0.5) is 9.52 Å². The number of β-lactam (4-membered cyclic amide) rings is 1. The number of thiazole rings is 1.